The van der Waals surface area contributed by atoms with E-state index >= 15 is 0 Å². The maximum Gasteiger partial charge on any atom is 0.255 e. The van der Waals surface area contributed by atoms with Crippen LogP contribution in [-0.4, -0.2) is 76.7 Å². The van der Waals surface area contributed by atoms with Crippen LogP contribution in [-0.2, 0) is 4.74 Å². The Kier molecular flexibility index (Phi) is 7.19. The number of anilines is 3. The first-order valence-electron chi connectivity index (χ1n) is 14.6. The van der Waals surface area contributed by atoms with Gasteiger partial charge in [0.1, 0.15) is 17.8 Å². The number of allylic oxidation sites excluding steroid dienone is 1. The zero-order chi connectivity index (χ0) is 29.3. The van der Waals surface area contributed by atoms with Crippen molar-refractivity contribution < 1.29 is 19.0 Å². The van der Waals surface area contributed by atoms with E-state index in [9.17, 15) is 4.79 Å². The number of nitrogen functional groups attached to an aromatic ring is 1. The molecule has 43 heavy (non-hydrogen) atoms. The van der Waals surface area contributed by atoms with Crippen LogP contribution in [0.15, 0.2) is 55.0 Å². The van der Waals surface area contributed by atoms with Crippen LogP contribution in [0.2, 0.25) is 0 Å². The van der Waals surface area contributed by atoms with E-state index in [0.29, 0.717) is 64.1 Å². The summed E-state index contributed by atoms with van der Waals surface area (Å²) >= 11 is 0. The molecule has 7 rings (SSSR count). The number of nitrogens with one attached hydrogen (secondary N) is 1. The molecular weight excluding hydrogens is 548 g/mol. The first-order valence-corrected chi connectivity index (χ1v) is 14.6. The number of fused-ring (bicyclic) bond motifs is 2. The van der Waals surface area contributed by atoms with E-state index in [1.54, 1.807) is 0 Å². The average molecular weight is 583 g/mol. The fourth-order valence-corrected chi connectivity index (χ4v) is 6.09. The molecule has 1 atom stereocenters. The van der Waals surface area contributed by atoms with Crippen LogP contribution in [0, 0.1) is 0 Å². The number of piperidine rings is 1. The number of rotatable bonds is 6. The van der Waals surface area contributed by atoms with Crippen LogP contribution >= 0.6 is 0 Å². The van der Waals surface area contributed by atoms with Gasteiger partial charge >= 0.3 is 0 Å². The largest absolute Gasteiger partial charge is 0.453 e. The number of nitrogens with zero attached hydrogens (tertiary/aromatic N) is 6. The van der Waals surface area contributed by atoms with Gasteiger partial charge in [-0.3, -0.25) is 4.79 Å². The summed E-state index contributed by atoms with van der Waals surface area (Å²) in [5, 5.41) is 8.71. The van der Waals surface area contributed by atoms with E-state index in [-0.39, 0.29) is 18.7 Å². The second-order valence-electron chi connectivity index (χ2n) is 10.8. The van der Waals surface area contributed by atoms with Crippen LogP contribution < -0.4 is 25.4 Å². The summed E-state index contributed by atoms with van der Waals surface area (Å²) in [4.78, 5) is 26.6. The highest BCUT2D eigenvalue weighted by Gasteiger charge is 2.30. The fourth-order valence-electron chi connectivity index (χ4n) is 6.09. The van der Waals surface area contributed by atoms with Gasteiger partial charge in [-0.05, 0) is 62.4 Å². The van der Waals surface area contributed by atoms with Crippen LogP contribution in [0.1, 0.15) is 36.2 Å². The number of ether oxygens (including phenoxy) is 3. The minimum Gasteiger partial charge on any atom is -0.453 e. The van der Waals surface area contributed by atoms with Gasteiger partial charge in [0.05, 0.1) is 30.3 Å². The van der Waals surface area contributed by atoms with Gasteiger partial charge < -0.3 is 35.1 Å². The first-order chi connectivity index (χ1) is 21.1. The fraction of sp³-hybridized carbons (Fsp3) is 0.355. The van der Waals surface area contributed by atoms with Crippen molar-refractivity contribution in [3.63, 3.8) is 0 Å². The van der Waals surface area contributed by atoms with Crippen molar-refractivity contribution in [1.82, 2.24) is 24.6 Å². The summed E-state index contributed by atoms with van der Waals surface area (Å²) < 4.78 is 19.2. The average Bonchev–Trinajstić information content (AvgIpc) is 3.69. The van der Waals surface area contributed by atoms with Crippen molar-refractivity contribution >= 4 is 34.1 Å². The summed E-state index contributed by atoms with van der Waals surface area (Å²) in [5.74, 6) is 1.05. The Labute approximate surface area is 249 Å². The maximum atomic E-state index is 13.2. The van der Waals surface area contributed by atoms with Crippen molar-refractivity contribution in [3.05, 3.63) is 60.6 Å². The number of amides is 1. The van der Waals surface area contributed by atoms with Gasteiger partial charge in [-0.15, -0.1) is 0 Å². The SMILES string of the molecule is CC=CN1CCC[C@@H](n2nc(-c3ccc(NC(=O)c4ccc(N5CCOCC5)cc4)c4c3OCO4)c3c(N)ncnc32)C1. The summed E-state index contributed by atoms with van der Waals surface area (Å²) in [7, 11) is 0. The second-order valence-corrected chi connectivity index (χ2v) is 10.8. The quantitative estimate of drug-likeness (QED) is 0.343. The van der Waals surface area contributed by atoms with Crippen molar-refractivity contribution in [2.45, 2.75) is 25.8 Å². The predicted molar refractivity (Wildman–Crippen MR) is 163 cm³/mol. The van der Waals surface area contributed by atoms with E-state index < -0.39 is 0 Å². The highest BCUT2D eigenvalue weighted by atomic mass is 16.7. The molecule has 2 aromatic heterocycles. The van der Waals surface area contributed by atoms with Crippen LogP contribution in [0.5, 0.6) is 11.5 Å². The summed E-state index contributed by atoms with van der Waals surface area (Å²) in [6.45, 7) is 6.96. The highest BCUT2D eigenvalue weighted by molar-refractivity contribution is 6.06. The summed E-state index contributed by atoms with van der Waals surface area (Å²) in [6, 6.07) is 11.4. The molecule has 12 heteroatoms. The summed E-state index contributed by atoms with van der Waals surface area (Å²) in [5.41, 5.74) is 10.5. The Balaban J connectivity index is 1.19. The Bertz CT molecular complexity index is 1680. The van der Waals surface area contributed by atoms with Gasteiger partial charge in [0.25, 0.3) is 5.91 Å². The van der Waals surface area contributed by atoms with Gasteiger partial charge in [0.2, 0.25) is 6.79 Å². The zero-order valence-electron chi connectivity index (χ0n) is 24.0. The third-order valence-electron chi connectivity index (χ3n) is 8.18. The maximum absolute atomic E-state index is 13.2. The van der Waals surface area contributed by atoms with Gasteiger partial charge in [-0.25, -0.2) is 14.6 Å². The lowest BCUT2D eigenvalue weighted by molar-refractivity contribution is 0.102. The van der Waals surface area contributed by atoms with Crippen LogP contribution in [0.4, 0.5) is 17.2 Å². The van der Waals surface area contributed by atoms with Crippen LogP contribution in [0.25, 0.3) is 22.3 Å². The molecular formula is C31H34N8O4. The minimum absolute atomic E-state index is 0.0228. The molecule has 12 nitrogen and oxygen atoms in total. The van der Waals surface area contributed by atoms with E-state index in [0.717, 1.165) is 44.7 Å². The van der Waals surface area contributed by atoms with E-state index in [1.807, 2.05) is 48.0 Å². The molecule has 5 heterocycles. The number of carbonyl (C=O) groups excluding carboxylic acids is 1. The van der Waals surface area contributed by atoms with Gasteiger partial charge in [0.15, 0.2) is 17.1 Å². The topological polar surface area (TPSA) is 133 Å². The molecule has 1 amide bonds. The predicted octanol–water partition coefficient (Wildman–Crippen LogP) is 4.06. The number of benzene rings is 2. The number of hydrogen-bond donors (Lipinski definition) is 2. The molecule has 0 aliphatic carbocycles. The molecule has 3 N–H and O–H groups in total. The third kappa shape index (κ3) is 5.07. The molecule has 0 saturated carbocycles. The van der Waals surface area contributed by atoms with E-state index in [1.165, 1.54) is 6.33 Å². The molecule has 3 aliphatic rings. The smallest absolute Gasteiger partial charge is 0.255 e. The number of aromatic nitrogens is 4. The molecule has 222 valence electrons. The van der Waals surface area contributed by atoms with Crippen molar-refractivity contribution in [2.24, 2.45) is 0 Å². The van der Waals surface area contributed by atoms with Crippen molar-refractivity contribution in [2.75, 3.05) is 62.1 Å². The monoisotopic (exact) mass is 582 g/mol. The summed E-state index contributed by atoms with van der Waals surface area (Å²) in [6.07, 6.45) is 7.66. The Morgan fingerprint density at radius 1 is 1.05 bits per heavy atom. The number of hydrogen-bond acceptors (Lipinski definition) is 10. The lowest BCUT2D eigenvalue weighted by Gasteiger charge is -2.32. The van der Waals surface area contributed by atoms with Gasteiger partial charge in [-0.2, -0.15) is 5.10 Å². The number of nitrogens with two attached hydrogens (primary N) is 1. The molecule has 0 unspecified atom stereocenters. The number of carbonyl (C=O) groups is 1. The number of likely N-dealkylation sites (tertiary alicyclic amines) is 1. The first kappa shape index (κ1) is 27.0. The molecule has 2 saturated heterocycles. The number of morpholine rings is 1. The molecule has 2 fully saturated rings. The van der Waals surface area contributed by atoms with Crippen LogP contribution in [0.3, 0.4) is 0 Å². The lowest BCUT2D eigenvalue weighted by atomic mass is 10.1. The molecule has 0 bridgehead atoms. The van der Waals surface area contributed by atoms with Crippen molar-refractivity contribution in [3.8, 4) is 22.8 Å². The lowest BCUT2D eigenvalue weighted by Crippen LogP contribution is -2.36. The second kappa shape index (κ2) is 11.4. The molecule has 0 radical (unpaired) electrons. The zero-order valence-corrected chi connectivity index (χ0v) is 24.0. The minimum atomic E-state index is -0.241. The highest BCUT2D eigenvalue weighted by Crippen LogP contribution is 2.48. The van der Waals surface area contributed by atoms with Gasteiger partial charge in [-0.1, -0.05) is 6.08 Å². The van der Waals surface area contributed by atoms with E-state index in [4.69, 9.17) is 25.0 Å². The molecule has 4 aromatic rings. The Morgan fingerprint density at radius 3 is 2.67 bits per heavy atom. The molecule has 2 aromatic carbocycles. The molecule has 3 aliphatic heterocycles. The normalized spacial score (nSPS) is 18.5. The van der Waals surface area contributed by atoms with E-state index in [2.05, 4.69) is 37.4 Å². The Morgan fingerprint density at radius 2 is 1.86 bits per heavy atom. The Hall–Kier alpha value is -4.84. The standard InChI is InChI=1S/C31H34N8O4/c1-2-11-37-12-3-4-22(17-37)39-30-25(29(32)33-18-34-30)26(36-39)23-9-10-24(28-27(23)42-19-43-28)35-31(40)20-5-7-21(8-6-20)38-13-15-41-16-14-38/h2,5-11,18,22H,3-4,12-17,19H2,1H3,(H,35,40)(H2,32,33,34)/t22-/m1/s1. The third-order valence-corrected chi connectivity index (χ3v) is 8.18. The molecule has 0 spiro atoms. The van der Waals surface area contributed by atoms with Gasteiger partial charge in [0, 0.05) is 43.0 Å². The van der Waals surface area contributed by atoms with Crippen molar-refractivity contribution in [1.29, 1.82) is 0 Å².